The maximum atomic E-state index is 13.0. The van der Waals surface area contributed by atoms with Gasteiger partial charge in [0, 0.05) is 27.6 Å². The van der Waals surface area contributed by atoms with E-state index in [0.717, 1.165) is 16.1 Å². The van der Waals surface area contributed by atoms with Crippen molar-refractivity contribution in [3.05, 3.63) is 75.5 Å². The molecule has 0 radical (unpaired) electrons. The van der Waals surface area contributed by atoms with Gasteiger partial charge in [-0.1, -0.05) is 41.4 Å². The zero-order valence-electron chi connectivity index (χ0n) is 17.5. The number of aromatic nitrogens is 3. The van der Waals surface area contributed by atoms with Gasteiger partial charge in [0.2, 0.25) is 17.7 Å². The van der Waals surface area contributed by atoms with Crippen LogP contribution in [0.25, 0.3) is 22.0 Å². The van der Waals surface area contributed by atoms with Gasteiger partial charge in [0.15, 0.2) is 0 Å². The van der Waals surface area contributed by atoms with Gasteiger partial charge in [0.1, 0.15) is 5.01 Å². The van der Waals surface area contributed by atoms with Crippen LogP contribution < -0.4 is 0 Å². The number of carbonyl (C=O) groups excluding carboxylic acids is 1. The molecule has 4 rings (SSSR count). The minimum Gasteiger partial charge on any atom is -0.419 e. The summed E-state index contributed by atoms with van der Waals surface area (Å²) < 4.78 is 5.78. The Morgan fingerprint density at radius 1 is 1.09 bits per heavy atom. The predicted molar refractivity (Wildman–Crippen MR) is 127 cm³/mol. The van der Waals surface area contributed by atoms with Crippen LogP contribution >= 0.6 is 34.5 Å². The number of hydrogen-bond acceptors (Lipinski definition) is 6. The third kappa shape index (κ3) is 5.18. The average molecular weight is 487 g/mol. The van der Waals surface area contributed by atoms with Gasteiger partial charge in [-0.2, -0.15) is 0 Å². The van der Waals surface area contributed by atoms with E-state index in [-0.39, 0.29) is 24.9 Å². The molecule has 0 aliphatic heterocycles. The predicted octanol–water partition coefficient (Wildman–Crippen LogP) is 6.15. The summed E-state index contributed by atoms with van der Waals surface area (Å²) in [5.41, 5.74) is 2.33. The summed E-state index contributed by atoms with van der Waals surface area (Å²) in [5.74, 6) is 0.686. The third-order valence-corrected chi connectivity index (χ3v) is 6.30. The fourth-order valence-electron chi connectivity index (χ4n) is 3.13. The van der Waals surface area contributed by atoms with Gasteiger partial charge in [-0.3, -0.25) is 4.79 Å². The standard InChI is InChI=1S/C23H20Cl2N4O2S/c1-14(2)29(12-20-27-28-22(31-20)15-7-9-16(24)10-8-15)21(30)11-17-13-32-23(26-17)18-5-3-4-6-19(18)25/h3-10,13-14H,11-12H2,1-2H3. The summed E-state index contributed by atoms with van der Waals surface area (Å²) in [5, 5.41) is 12.1. The van der Waals surface area contributed by atoms with Crippen LogP contribution in [0, 0.1) is 0 Å². The van der Waals surface area contributed by atoms with Gasteiger partial charge >= 0.3 is 0 Å². The number of nitrogens with zero attached hydrogens (tertiary/aromatic N) is 4. The van der Waals surface area contributed by atoms with Crippen LogP contribution in [0.4, 0.5) is 0 Å². The first-order valence-electron chi connectivity index (χ1n) is 9.98. The molecule has 0 spiro atoms. The summed E-state index contributed by atoms with van der Waals surface area (Å²) in [4.78, 5) is 19.4. The zero-order chi connectivity index (χ0) is 22.7. The van der Waals surface area contributed by atoms with Crippen LogP contribution in [0.1, 0.15) is 25.4 Å². The van der Waals surface area contributed by atoms with Gasteiger partial charge in [-0.25, -0.2) is 4.98 Å². The van der Waals surface area contributed by atoms with Crippen molar-refractivity contribution in [2.75, 3.05) is 0 Å². The maximum absolute atomic E-state index is 13.0. The molecule has 2 aromatic heterocycles. The van der Waals surface area contributed by atoms with E-state index in [2.05, 4.69) is 15.2 Å². The Kier molecular flexibility index (Phi) is 6.89. The summed E-state index contributed by atoms with van der Waals surface area (Å²) in [6.45, 7) is 4.12. The highest BCUT2D eigenvalue weighted by Crippen LogP contribution is 2.30. The van der Waals surface area contributed by atoms with Crippen LogP contribution in [-0.2, 0) is 17.8 Å². The average Bonchev–Trinajstić information content (AvgIpc) is 3.42. The van der Waals surface area contributed by atoms with Crippen molar-refractivity contribution >= 4 is 40.4 Å². The van der Waals surface area contributed by atoms with Crippen molar-refractivity contribution < 1.29 is 9.21 Å². The van der Waals surface area contributed by atoms with Gasteiger partial charge in [0.25, 0.3) is 0 Å². The number of amides is 1. The lowest BCUT2D eigenvalue weighted by Crippen LogP contribution is -2.37. The second kappa shape index (κ2) is 9.81. The van der Waals surface area contributed by atoms with E-state index in [1.54, 1.807) is 17.0 Å². The van der Waals surface area contributed by atoms with Crippen LogP contribution in [0.15, 0.2) is 58.3 Å². The molecule has 6 nitrogen and oxygen atoms in total. The Hall–Kier alpha value is -2.74. The van der Waals surface area contributed by atoms with E-state index in [1.165, 1.54) is 11.3 Å². The molecule has 0 atom stereocenters. The summed E-state index contributed by atoms with van der Waals surface area (Å²) in [6.07, 6.45) is 0.178. The molecular weight excluding hydrogens is 467 g/mol. The molecule has 2 aromatic carbocycles. The molecular formula is C23H20Cl2N4O2S. The first kappa shape index (κ1) is 22.5. The molecule has 0 N–H and O–H groups in total. The number of hydrogen-bond donors (Lipinski definition) is 0. The Bertz CT molecular complexity index is 1220. The normalized spacial score (nSPS) is 11.2. The fourth-order valence-corrected chi connectivity index (χ4v) is 4.40. The molecule has 0 aliphatic carbocycles. The lowest BCUT2D eigenvalue weighted by Gasteiger charge is -2.24. The monoisotopic (exact) mass is 486 g/mol. The third-order valence-electron chi connectivity index (χ3n) is 4.80. The maximum Gasteiger partial charge on any atom is 0.247 e. The van der Waals surface area contributed by atoms with Gasteiger partial charge in [-0.05, 0) is 44.2 Å². The SMILES string of the molecule is CC(C)N(Cc1nnc(-c2ccc(Cl)cc2)o1)C(=O)Cc1csc(-c2ccccc2Cl)n1. The number of halogens is 2. The minimum absolute atomic E-state index is 0.0462. The smallest absolute Gasteiger partial charge is 0.247 e. The first-order chi connectivity index (χ1) is 15.4. The van der Waals surface area contributed by atoms with Crippen molar-refractivity contribution in [2.24, 2.45) is 0 Å². The summed E-state index contributed by atoms with van der Waals surface area (Å²) >= 11 is 13.7. The summed E-state index contributed by atoms with van der Waals surface area (Å²) in [7, 11) is 0. The number of rotatable bonds is 7. The molecule has 164 valence electrons. The number of benzene rings is 2. The molecule has 0 unspecified atom stereocenters. The van der Waals surface area contributed by atoms with Crippen LogP contribution in [-0.4, -0.2) is 32.0 Å². The van der Waals surface area contributed by atoms with Gasteiger partial charge < -0.3 is 9.32 Å². The van der Waals surface area contributed by atoms with E-state index in [9.17, 15) is 4.79 Å². The van der Waals surface area contributed by atoms with E-state index in [4.69, 9.17) is 27.6 Å². The molecule has 0 saturated carbocycles. The number of thiazole rings is 1. The van der Waals surface area contributed by atoms with Crippen LogP contribution in [0.2, 0.25) is 10.0 Å². The second-order valence-electron chi connectivity index (χ2n) is 7.42. The quantitative estimate of drug-likeness (QED) is 0.313. The molecule has 4 aromatic rings. The Morgan fingerprint density at radius 3 is 2.56 bits per heavy atom. The zero-order valence-corrected chi connectivity index (χ0v) is 19.8. The number of carbonyl (C=O) groups is 1. The highest BCUT2D eigenvalue weighted by atomic mass is 35.5. The van der Waals surface area contributed by atoms with E-state index in [1.807, 2.05) is 55.6 Å². The van der Waals surface area contributed by atoms with Crippen molar-refractivity contribution in [2.45, 2.75) is 32.9 Å². The summed E-state index contributed by atoms with van der Waals surface area (Å²) in [6, 6.07) is 14.6. The van der Waals surface area contributed by atoms with E-state index in [0.29, 0.717) is 27.5 Å². The second-order valence-corrected chi connectivity index (χ2v) is 9.13. The Balaban J connectivity index is 1.46. The molecule has 0 aliphatic rings. The molecule has 32 heavy (non-hydrogen) atoms. The highest BCUT2D eigenvalue weighted by Gasteiger charge is 2.22. The lowest BCUT2D eigenvalue weighted by molar-refractivity contribution is -0.133. The fraction of sp³-hybridized carbons (Fsp3) is 0.217. The minimum atomic E-state index is -0.0674. The van der Waals surface area contributed by atoms with Crippen molar-refractivity contribution in [1.82, 2.24) is 20.1 Å². The molecule has 1 amide bonds. The first-order valence-corrected chi connectivity index (χ1v) is 11.6. The molecule has 0 bridgehead atoms. The molecule has 9 heteroatoms. The topological polar surface area (TPSA) is 72.1 Å². The Morgan fingerprint density at radius 2 is 1.84 bits per heavy atom. The Labute approximate surface area is 199 Å². The lowest BCUT2D eigenvalue weighted by atomic mass is 10.2. The van der Waals surface area contributed by atoms with E-state index < -0.39 is 0 Å². The van der Waals surface area contributed by atoms with Crippen molar-refractivity contribution in [3.63, 3.8) is 0 Å². The molecule has 0 saturated heterocycles. The van der Waals surface area contributed by atoms with Crippen molar-refractivity contribution in [3.8, 4) is 22.0 Å². The molecule has 2 heterocycles. The van der Waals surface area contributed by atoms with E-state index >= 15 is 0 Å². The highest BCUT2D eigenvalue weighted by molar-refractivity contribution is 7.13. The van der Waals surface area contributed by atoms with Gasteiger partial charge in [0.05, 0.1) is 23.7 Å². The largest absolute Gasteiger partial charge is 0.419 e. The van der Waals surface area contributed by atoms with Gasteiger partial charge in [-0.15, -0.1) is 21.5 Å². The van der Waals surface area contributed by atoms with Crippen LogP contribution in [0.5, 0.6) is 0 Å². The molecule has 0 fully saturated rings. The van der Waals surface area contributed by atoms with Crippen molar-refractivity contribution in [1.29, 1.82) is 0 Å². The van der Waals surface area contributed by atoms with Crippen LogP contribution in [0.3, 0.4) is 0 Å².